The summed E-state index contributed by atoms with van der Waals surface area (Å²) in [7, 11) is 1.68. The average Bonchev–Trinajstić information content (AvgIpc) is 2.84. The van der Waals surface area contributed by atoms with Crippen LogP contribution in [0.15, 0.2) is 107 Å². The van der Waals surface area contributed by atoms with Crippen molar-refractivity contribution in [2.45, 2.75) is 22.1 Å². The molecule has 0 radical (unpaired) electrons. The largest absolute Gasteiger partial charge is 0.456 e. The van der Waals surface area contributed by atoms with Crippen molar-refractivity contribution in [3.8, 4) is 23.0 Å². The van der Waals surface area contributed by atoms with Gasteiger partial charge in [-0.15, -0.1) is 0 Å². The van der Waals surface area contributed by atoms with Crippen LogP contribution in [-0.4, -0.2) is 0 Å². The molecule has 0 N–H and O–H groups in total. The molecule has 0 atom stereocenters. The Labute approximate surface area is 210 Å². The standard InChI is InChI=1S/C26H16F6O2S2/c27-25(28,29)19-13-7-15-21(23(19)33-17-9-3-1-4-10-17)35-36-22-16-8-14-20(26(30,31)32)24(22)34-18-11-5-2-6-12-18/h1-16H. The molecule has 0 aliphatic heterocycles. The minimum atomic E-state index is -4.71. The van der Waals surface area contributed by atoms with Crippen LogP contribution in [0.1, 0.15) is 11.1 Å². The minimum Gasteiger partial charge on any atom is -0.456 e. The Balaban J connectivity index is 1.71. The quantitative estimate of drug-likeness (QED) is 0.172. The van der Waals surface area contributed by atoms with Crippen LogP contribution in [-0.2, 0) is 12.4 Å². The van der Waals surface area contributed by atoms with Gasteiger partial charge in [-0.25, -0.2) is 0 Å². The Bertz CT molecular complexity index is 1210. The van der Waals surface area contributed by atoms with Gasteiger partial charge in [0, 0.05) is 0 Å². The number of alkyl halides is 6. The van der Waals surface area contributed by atoms with Crippen LogP contribution in [0, 0.1) is 0 Å². The molecule has 0 heterocycles. The summed E-state index contributed by atoms with van der Waals surface area (Å²) in [5.74, 6) is -0.501. The molecular weight excluding hydrogens is 522 g/mol. The number of ether oxygens (including phenoxy) is 2. The molecule has 0 spiro atoms. The highest BCUT2D eigenvalue weighted by molar-refractivity contribution is 8.76. The van der Waals surface area contributed by atoms with Gasteiger partial charge in [0.1, 0.15) is 11.5 Å². The van der Waals surface area contributed by atoms with E-state index in [0.717, 1.165) is 33.7 Å². The number of hydrogen-bond donors (Lipinski definition) is 0. The lowest BCUT2D eigenvalue weighted by atomic mass is 10.2. The van der Waals surface area contributed by atoms with Crippen LogP contribution in [0.4, 0.5) is 26.3 Å². The highest BCUT2D eigenvalue weighted by Gasteiger charge is 2.37. The molecule has 186 valence electrons. The molecule has 4 rings (SSSR count). The third-order valence-electron chi connectivity index (χ3n) is 4.72. The molecule has 2 nitrogen and oxygen atoms in total. The third-order valence-corrected chi connectivity index (χ3v) is 7.13. The van der Waals surface area contributed by atoms with Crippen LogP contribution < -0.4 is 9.47 Å². The van der Waals surface area contributed by atoms with Gasteiger partial charge in [-0.2, -0.15) is 26.3 Å². The maximum Gasteiger partial charge on any atom is 0.420 e. The molecule has 4 aromatic carbocycles. The normalized spacial score (nSPS) is 11.8. The summed E-state index contributed by atoms with van der Waals surface area (Å²) in [6.07, 6.45) is -9.41. The number of halogens is 6. The summed E-state index contributed by atoms with van der Waals surface area (Å²) < 4.78 is 93.7. The summed E-state index contributed by atoms with van der Waals surface area (Å²) >= 11 is 0. The zero-order chi connectivity index (χ0) is 25.8. The first kappa shape index (κ1) is 25.8. The van der Waals surface area contributed by atoms with Gasteiger partial charge < -0.3 is 9.47 Å². The van der Waals surface area contributed by atoms with Crippen LogP contribution in [0.25, 0.3) is 0 Å². The maximum absolute atomic E-state index is 13.7. The second-order valence-corrected chi connectivity index (χ2v) is 9.47. The smallest absolute Gasteiger partial charge is 0.420 e. The fraction of sp³-hybridized carbons (Fsp3) is 0.0769. The van der Waals surface area contributed by atoms with E-state index in [1.54, 1.807) is 36.4 Å². The van der Waals surface area contributed by atoms with Crippen LogP contribution in [0.3, 0.4) is 0 Å². The first-order chi connectivity index (χ1) is 17.1. The summed E-state index contributed by atoms with van der Waals surface area (Å²) in [4.78, 5) is 0.170. The van der Waals surface area contributed by atoms with Gasteiger partial charge in [0.2, 0.25) is 0 Å². The predicted molar refractivity (Wildman–Crippen MR) is 128 cm³/mol. The van der Waals surface area contributed by atoms with Crippen molar-refractivity contribution in [2.24, 2.45) is 0 Å². The Morgan fingerprint density at radius 1 is 0.444 bits per heavy atom. The Morgan fingerprint density at radius 3 is 1.14 bits per heavy atom. The topological polar surface area (TPSA) is 18.5 Å². The zero-order valence-electron chi connectivity index (χ0n) is 18.1. The maximum atomic E-state index is 13.7. The highest BCUT2D eigenvalue weighted by atomic mass is 33.1. The van der Waals surface area contributed by atoms with Crippen molar-refractivity contribution in [1.29, 1.82) is 0 Å². The van der Waals surface area contributed by atoms with Crippen molar-refractivity contribution in [1.82, 2.24) is 0 Å². The van der Waals surface area contributed by atoms with Crippen molar-refractivity contribution >= 4 is 21.6 Å². The van der Waals surface area contributed by atoms with E-state index >= 15 is 0 Å². The Hall–Kier alpha value is -3.24. The fourth-order valence-electron chi connectivity index (χ4n) is 3.12. The molecule has 0 amide bonds. The molecule has 0 fully saturated rings. The zero-order valence-corrected chi connectivity index (χ0v) is 19.8. The van der Waals surface area contributed by atoms with Gasteiger partial charge in [0.15, 0.2) is 11.5 Å². The monoisotopic (exact) mass is 538 g/mol. The second kappa shape index (κ2) is 10.8. The van der Waals surface area contributed by atoms with Gasteiger partial charge >= 0.3 is 12.4 Å². The molecule has 10 heteroatoms. The summed E-state index contributed by atoms with van der Waals surface area (Å²) in [6, 6.07) is 22.9. The highest BCUT2D eigenvalue weighted by Crippen LogP contribution is 2.52. The van der Waals surface area contributed by atoms with Gasteiger partial charge in [-0.3, -0.25) is 0 Å². The third kappa shape index (κ3) is 6.30. The van der Waals surface area contributed by atoms with Crippen molar-refractivity contribution in [3.63, 3.8) is 0 Å². The molecular formula is C26H16F6O2S2. The molecule has 0 aliphatic rings. The molecule has 0 saturated carbocycles. The van der Waals surface area contributed by atoms with E-state index < -0.39 is 35.0 Å². The first-order valence-corrected chi connectivity index (χ1v) is 12.5. The van der Waals surface area contributed by atoms with Crippen LogP contribution >= 0.6 is 21.6 Å². The van der Waals surface area contributed by atoms with Gasteiger partial charge in [0.05, 0.1) is 20.9 Å². The average molecular weight is 539 g/mol. The Kier molecular flexibility index (Phi) is 7.75. The van der Waals surface area contributed by atoms with Crippen LogP contribution in [0.2, 0.25) is 0 Å². The second-order valence-electron chi connectivity index (χ2n) is 7.26. The summed E-state index contributed by atoms with van der Waals surface area (Å²) in [6.45, 7) is 0. The lowest BCUT2D eigenvalue weighted by Crippen LogP contribution is -2.08. The van der Waals surface area contributed by atoms with Crippen molar-refractivity contribution < 1.29 is 35.8 Å². The van der Waals surface area contributed by atoms with Gasteiger partial charge in [-0.05, 0) is 70.1 Å². The van der Waals surface area contributed by atoms with E-state index in [1.165, 1.54) is 48.5 Å². The van der Waals surface area contributed by atoms with Crippen LogP contribution in [0.5, 0.6) is 23.0 Å². The van der Waals surface area contributed by atoms with E-state index in [9.17, 15) is 26.3 Å². The van der Waals surface area contributed by atoms with E-state index in [0.29, 0.717) is 0 Å². The first-order valence-electron chi connectivity index (χ1n) is 10.3. The fourth-order valence-corrected chi connectivity index (χ4v) is 5.35. The molecule has 0 saturated heterocycles. The predicted octanol–water partition coefficient (Wildman–Crippen LogP) is 10.1. The molecule has 0 unspecified atom stereocenters. The van der Waals surface area contributed by atoms with E-state index in [-0.39, 0.29) is 21.3 Å². The number of rotatable bonds is 7. The molecule has 36 heavy (non-hydrogen) atoms. The molecule has 0 bridgehead atoms. The molecule has 0 aromatic heterocycles. The van der Waals surface area contributed by atoms with E-state index in [4.69, 9.17) is 9.47 Å². The van der Waals surface area contributed by atoms with Gasteiger partial charge in [0.25, 0.3) is 0 Å². The number of para-hydroxylation sites is 4. The summed E-state index contributed by atoms with van der Waals surface area (Å²) in [5.41, 5.74) is -2.00. The molecule has 4 aromatic rings. The van der Waals surface area contributed by atoms with E-state index in [2.05, 4.69) is 0 Å². The van der Waals surface area contributed by atoms with Crippen molar-refractivity contribution in [2.75, 3.05) is 0 Å². The minimum absolute atomic E-state index is 0.0850. The Morgan fingerprint density at radius 2 is 0.806 bits per heavy atom. The van der Waals surface area contributed by atoms with Crippen molar-refractivity contribution in [3.05, 3.63) is 108 Å². The SMILES string of the molecule is FC(F)(F)c1cccc(SSc2cccc(C(F)(F)F)c2Oc2ccccc2)c1Oc1ccccc1. The molecule has 0 aliphatic carbocycles. The van der Waals surface area contributed by atoms with Gasteiger partial charge in [-0.1, -0.05) is 48.5 Å². The number of hydrogen-bond acceptors (Lipinski definition) is 4. The van der Waals surface area contributed by atoms with E-state index in [1.807, 2.05) is 0 Å². The lowest BCUT2D eigenvalue weighted by Gasteiger charge is -2.19. The summed E-state index contributed by atoms with van der Waals surface area (Å²) in [5, 5.41) is 0. The number of benzene rings is 4. The lowest BCUT2D eigenvalue weighted by molar-refractivity contribution is -0.139.